The molecular formula is C22H23N5OS. The molecule has 0 radical (unpaired) electrons. The summed E-state index contributed by atoms with van der Waals surface area (Å²) in [5.74, 6) is 1.53. The van der Waals surface area contributed by atoms with E-state index in [-0.39, 0.29) is 11.8 Å². The summed E-state index contributed by atoms with van der Waals surface area (Å²) >= 11 is 1.53. The molecule has 0 amide bonds. The van der Waals surface area contributed by atoms with Gasteiger partial charge in [0.25, 0.3) is 0 Å². The molecule has 0 aliphatic carbocycles. The number of nitrogens with two attached hydrogens (primary N) is 1. The quantitative estimate of drug-likeness (QED) is 0.343. The largest absolute Gasteiger partial charge is 0.361 e. The molecule has 4 aromatic rings. The molecule has 4 rings (SSSR count). The third-order valence-electron chi connectivity index (χ3n) is 4.97. The molecule has 29 heavy (non-hydrogen) atoms. The third-order valence-corrected chi connectivity index (χ3v) is 5.99. The number of Topliss-reactive ketones (excluding diaryl/α,β-unsaturated/α-hetero) is 1. The maximum Gasteiger partial charge on any atom is 0.191 e. The van der Waals surface area contributed by atoms with Crippen molar-refractivity contribution in [2.75, 3.05) is 5.75 Å². The Morgan fingerprint density at radius 3 is 2.72 bits per heavy atom. The van der Waals surface area contributed by atoms with Gasteiger partial charge in [-0.1, -0.05) is 60.3 Å². The number of hydrogen-bond donors (Lipinski definition) is 2. The molecule has 0 fully saturated rings. The molecule has 2 aromatic heterocycles. The Morgan fingerprint density at radius 2 is 1.90 bits per heavy atom. The summed E-state index contributed by atoms with van der Waals surface area (Å²) in [6, 6.07) is 17.3. The summed E-state index contributed by atoms with van der Waals surface area (Å²) in [5.41, 5.74) is 9.46. The Kier molecular flexibility index (Phi) is 5.78. The minimum atomic E-state index is -0.257. The van der Waals surface area contributed by atoms with E-state index in [4.69, 9.17) is 5.73 Å². The van der Waals surface area contributed by atoms with E-state index in [9.17, 15) is 4.79 Å². The summed E-state index contributed by atoms with van der Waals surface area (Å²) in [5, 5.41) is 10.5. The zero-order chi connectivity index (χ0) is 20.2. The van der Waals surface area contributed by atoms with Crippen molar-refractivity contribution in [1.82, 2.24) is 19.7 Å². The van der Waals surface area contributed by atoms with E-state index in [2.05, 4.69) is 27.3 Å². The van der Waals surface area contributed by atoms with E-state index in [0.717, 1.165) is 22.1 Å². The second-order valence-corrected chi connectivity index (χ2v) is 8.02. The SMILES string of the molecule is Cn1c(SCCC(=O)c2ccccc2)nnc1[C@@H](N)Cc1c[nH]c2ccccc12. The fraction of sp³-hybridized carbons (Fsp3) is 0.227. The molecule has 148 valence electrons. The van der Waals surface area contributed by atoms with Crippen molar-refractivity contribution in [2.24, 2.45) is 12.8 Å². The smallest absolute Gasteiger partial charge is 0.191 e. The van der Waals surface area contributed by atoms with Crippen LogP contribution >= 0.6 is 11.8 Å². The number of benzene rings is 2. The van der Waals surface area contributed by atoms with Gasteiger partial charge in [-0.05, 0) is 18.1 Å². The Balaban J connectivity index is 1.38. The number of aromatic amines is 1. The number of H-pyrrole nitrogens is 1. The number of aromatic nitrogens is 4. The van der Waals surface area contributed by atoms with Crippen LogP contribution in [-0.4, -0.2) is 31.3 Å². The number of para-hydroxylation sites is 1. The normalized spacial score (nSPS) is 12.3. The van der Waals surface area contributed by atoms with Crippen LogP contribution in [0.1, 0.15) is 34.2 Å². The maximum atomic E-state index is 12.2. The first-order valence-corrected chi connectivity index (χ1v) is 10.5. The third kappa shape index (κ3) is 4.26. The van der Waals surface area contributed by atoms with Gasteiger partial charge in [0.2, 0.25) is 0 Å². The number of carbonyl (C=O) groups excluding carboxylic acids is 1. The van der Waals surface area contributed by atoms with Crippen LogP contribution in [-0.2, 0) is 13.5 Å². The first kappa shape index (κ1) is 19.4. The highest BCUT2D eigenvalue weighted by Gasteiger charge is 2.18. The lowest BCUT2D eigenvalue weighted by Crippen LogP contribution is -2.18. The zero-order valence-corrected chi connectivity index (χ0v) is 17.0. The van der Waals surface area contributed by atoms with E-state index >= 15 is 0 Å². The number of rotatable bonds is 8. The van der Waals surface area contributed by atoms with Crippen LogP contribution in [0.25, 0.3) is 10.9 Å². The van der Waals surface area contributed by atoms with Crippen molar-refractivity contribution in [2.45, 2.75) is 24.0 Å². The van der Waals surface area contributed by atoms with Crippen LogP contribution in [0.4, 0.5) is 0 Å². The van der Waals surface area contributed by atoms with Crippen molar-refractivity contribution in [1.29, 1.82) is 0 Å². The van der Waals surface area contributed by atoms with Gasteiger partial charge in [0.15, 0.2) is 16.8 Å². The predicted octanol–water partition coefficient (Wildman–Crippen LogP) is 3.90. The van der Waals surface area contributed by atoms with Crippen LogP contribution in [0.2, 0.25) is 0 Å². The van der Waals surface area contributed by atoms with Gasteiger partial charge in [0.05, 0.1) is 6.04 Å². The number of nitrogens with one attached hydrogen (secondary N) is 1. The summed E-state index contributed by atoms with van der Waals surface area (Å²) in [4.78, 5) is 15.5. The molecule has 0 bridgehead atoms. The highest BCUT2D eigenvalue weighted by molar-refractivity contribution is 7.99. The zero-order valence-electron chi connectivity index (χ0n) is 16.2. The highest BCUT2D eigenvalue weighted by atomic mass is 32.2. The molecule has 2 aromatic carbocycles. The van der Waals surface area contributed by atoms with E-state index in [1.165, 1.54) is 22.7 Å². The standard InChI is InChI=1S/C22H23N5OS/c1-27-21(18(23)13-16-14-24-19-10-6-5-9-17(16)19)25-26-22(27)29-12-11-20(28)15-7-3-2-4-8-15/h2-10,14,18,24H,11-13,23H2,1H3/t18-/m0/s1. The number of nitrogens with zero attached hydrogens (tertiary/aromatic N) is 3. The second kappa shape index (κ2) is 8.63. The van der Waals surface area contributed by atoms with Gasteiger partial charge >= 0.3 is 0 Å². The summed E-state index contributed by atoms with van der Waals surface area (Å²) in [6.45, 7) is 0. The van der Waals surface area contributed by atoms with Gasteiger partial charge in [-0.25, -0.2) is 0 Å². The molecule has 0 saturated heterocycles. The molecule has 1 atom stereocenters. The minimum Gasteiger partial charge on any atom is -0.361 e. The molecule has 3 N–H and O–H groups in total. The van der Waals surface area contributed by atoms with Gasteiger partial charge in [-0.2, -0.15) is 0 Å². The van der Waals surface area contributed by atoms with Gasteiger partial charge in [0.1, 0.15) is 0 Å². The Bertz CT molecular complexity index is 1120. The van der Waals surface area contributed by atoms with E-state index in [0.29, 0.717) is 18.6 Å². The van der Waals surface area contributed by atoms with Crippen molar-refractivity contribution in [3.05, 3.63) is 77.7 Å². The van der Waals surface area contributed by atoms with Crippen molar-refractivity contribution in [3.63, 3.8) is 0 Å². The molecule has 0 aliphatic rings. The fourth-order valence-corrected chi connectivity index (χ4v) is 4.26. The topological polar surface area (TPSA) is 89.6 Å². The summed E-state index contributed by atoms with van der Waals surface area (Å²) in [6.07, 6.45) is 3.14. The second-order valence-electron chi connectivity index (χ2n) is 6.96. The monoisotopic (exact) mass is 405 g/mol. The average molecular weight is 406 g/mol. The molecule has 0 spiro atoms. The first-order chi connectivity index (χ1) is 14.1. The van der Waals surface area contributed by atoms with Crippen LogP contribution in [0.3, 0.4) is 0 Å². The Morgan fingerprint density at radius 1 is 1.14 bits per heavy atom. The minimum absolute atomic E-state index is 0.136. The van der Waals surface area contributed by atoms with E-state index in [1.807, 2.05) is 60.3 Å². The lowest BCUT2D eigenvalue weighted by atomic mass is 10.1. The average Bonchev–Trinajstić information content (AvgIpc) is 3.32. The molecule has 2 heterocycles. The van der Waals surface area contributed by atoms with E-state index in [1.54, 1.807) is 0 Å². The number of thioether (sulfide) groups is 1. The molecular weight excluding hydrogens is 382 g/mol. The summed E-state index contributed by atoms with van der Waals surface area (Å²) in [7, 11) is 1.92. The fourth-order valence-electron chi connectivity index (χ4n) is 3.41. The lowest BCUT2D eigenvalue weighted by molar-refractivity contribution is 0.0989. The molecule has 7 heteroatoms. The van der Waals surface area contributed by atoms with Crippen molar-refractivity contribution in [3.8, 4) is 0 Å². The van der Waals surface area contributed by atoms with Crippen molar-refractivity contribution >= 4 is 28.4 Å². The maximum absolute atomic E-state index is 12.2. The van der Waals surface area contributed by atoms with Crippen LogP contribution < -0.4 is 5.73 Å². The summed E-state index contributed by atoms with van der Waals surface area (Å²) < 4.78 is 1.93. The molecule has 6 nitrogen and oxygen atoms in total. The van der Waals surface area contributed by atoms with Crippen LogP contribution in [0, 0.1) is 0 Å². The van der Waals surface area contributed by atoms with Gasteiger partial charge in [-0.15, -0.1) is 10.2 Å². The van der Waals surface area contributed by atoms with Crippen molar-refractivity contribution < 1.29 is 4.79 Å². The van der Waals surface area contributed by atoms with Crippen LogP contribution in [0.5, 0.6) is 0 Å². The van der Waals surface area contributed by atoms with Gasteiger partial charge < -0.3 is 15.3 Å². The molecule has 0 saturated carbocycles. The van der Waals surface area contributed by atoms with Gasteiger partial charge in [-0.3, -0.25) is 4.79 Å². The van der Waals surface area contributed by atoms with Gasteiger partial charge in [0, 0.05) is 41.9 Å². The number of carbonyl (C=O) groups is 1. The molecule has 0 aliphatic heterocycles. The Labute approximate surface area is 173 Å². The van der Waals surface area contributed by atoms with Crippen LogP contribution in [0.15, 0.2) is 66.0 Å². The number of fused-ring (bicyclic) bond motifs is 1. The Hall–Kier alpha value is -2.90. The number of hydrogen-bond acceptors (Lipinski definition) is 5. The predicted molar refractivity (Wildman–Crippen MR) is 116 cm³/mol. The number of ketones is 1. The van der Waals surface area contributed by atoms with E-state index < -0.39 is 0 Å². The lowest BCUT2D eigenvalue weighted by Gasteiger charge is -2.11. The first-order valence-electron chi connectivity index (χ1n) is 9.54. The molecule has 0 unspecified atom stereocenters. The highest BCUT2D eigenvalue weighted by Crippen LogP contribution is 2.24.